The van der Waals surface area contributed by atoms with Gasteiger partial charge in [0, 0.05) is 39.3 Å². The summed E-state index contributed by atoms with van der Waals surface area (Å²) in [6.45, 7) is 5.37. The Kier molecular flexibility index (Phi) is 5.19. The van der Waals surface area contributed by atoms with Gasteiger partial charge in [0.2, 0.25) is 11.9 Å². The van der Waals surface area contributed by atoms with Crippen LogP contribution in [0, 0.1) is 0 Å². The fourth-order valence-electron chi connectivity index (χ4n) is 3.60. The summed E-state index contributed by atoms with van der Waals surface area (Å²) >= 11 is 0. The first-order valence-corrected chi connectivity index (χ1v) is 9.49. The normalized spacial score (nSPS) is 18.7. The molecule has 0 saturated carbocycles. The Morgan fingerprint density at radius 1 is 1.04 bits per heavy atom. The van der Waals surface area contributed by atoms with Crippen molar-refractivity contribution in [1.82, 2.24) is 24.8 Å². The average Bonchev–Trinajstić information content (AvgIpc) is 3.23. The number of amides is 1. The van der Waals surface area contributed by atoms with Crippen LogP contribution in [0.4, 0.5) is 11.9 Å². The second-order valence-corrected chi connectivity index (χ2v) is 7.00. The van der Waals surface area contributed by atoms with Gasteiger partial charge < -0.3 is 20.0 Å². The molecule has 0 unspecified atom stereocenters. The average molecular weight is 371 g/mol. The van der Waals surface area contributed by atoms with Crippen LogP contribution < -0.4 is 10.6 Å². The number of piperidine rings is 1. The molecule has 4 heterocycles. The van der Waals surface area contributed by atoms with Crippen LogP contribution in [0.15, 0.2) is 22.8 Å². The highest BCUT2D eigenvalue weighted by Crippen LogP contribution is 2.17. The molecule has 2 aromatic rings. The first-order valence-electron chi connectivity index (χ1n) is 9.49. The van der Waals surface area contributed by atoms with Gasteiger partial charge in [0.15, 0.2) is 5.76 Å². The highest BCUT2D eigenvalue weighted by atomic mass is 16.3. The zero-order valence-electron chi connectivity index (χ0n) is 15.4. The molecule has 2 saturated heterocycles. The van der Waals surface area contributed by atoms with Crippen LogP contribution in [-0.4, -0.2) is 69.9 Å². The number of nitrogens with zero attached hydrogens (tertiary/aromatic N) is 6. The Hall–Kier alpha value is -2.68. The van der Waals surface area contributed by atoms with Crippen molar-refractivity contribution in [2.24, 2.45) is 0 Å². The van der Waals surface area contributed by atoms with Crippen molar-refractivity contribution in [2.45, 2.75) is 25.8 Å². The standard InChI is InChI=1S/C18H25N7O2/c19-17-20-15(21-18(22-17)25-6-2-1-3-7-25)13-23-8-10-24(11-9-23)16(26)14-5-4-12-27-14/h4-5,12H,1-3,6-11,13H2,(H2,19,20,21,22). The number of furan rings is 1. The highest BCUT2D eigenvalue weighted by Gasteiger charge is 2.24. The van der Waals surface area contributed by atoms with Gasteiger partial charge in [0.1, 0.15) is 5.82 Å². The maximum absolute atomic E-state index is 12.3. The lowest BCUT2D eigenvalue weighted by molar-refractivity contribution is 0.0595. The van der Waals surface area contributed by atoms with Gasteiger partial charge in [-0.15, -0.1) is 0 Å². The summed E-state index contributed by atoms with van der Waals surface area (Å²) in [4.78, 5) is 31.8. The van der Waals surface area contributed by atoms with E-state index in [0.29, 0.717) is 37.2 Å². The Labute approximate surface area is 158 Å². The van der Waals surface area contributed by atoms with E-state index in [2.05, 4.69) is 24.8 Å². The molecule has 0 atom stereocenters. The molecule has 144 valence electrons. The van der Waals surface area contributed by atoms with Crippen LogP contribution in [-0.2, 0) is 6.54 Å². The molecule has 2 aliphatic heterocycles. The lowest BCUT2D eigenvalue weighted by Gasteiger charge is -2.34. The number of nitrogens with two attached hydrogens (primary N) is 1. The van der Waals surface area contributed by atoms with Gasteiger partial charge in [0.25, 0.3) is 5.91 Å². The van der Waals surface area contributed by atoms with Gasteiger partial charge in [0.05, 0.1) is 12.8 Å². The number of piperazine rings is 1. The summed E-state index contributed by atoms with van der Waals surface area (Å²) in [6.07, 6.45) is 5.10. The third-order valence-electron chi connectivity index (χ3n) is 5.08. The predicted octanol–water partition coefficient (Wildman–Crippen LogP) is 0.995. The van der Waals surface area contributed by atoms with Crippen molar-refractivity contribution in [1.29, 1.82) is 0 Å². The van der Waals surface area contributed by atoms with Gasteiger partial charge in [-0.3, -0.25) is 9.69 Å². The zero-order valence-corrected chi connectivity index (χ0v) is 15.4. The van der Waals surface area contributed by atoms with E-state index in [9.17, 15) is 4.79 Å². The molecule has 4 rings (SSSR count). The number of rotatable bonds is 4. The topological polar surface area (TPSA) is 105 Å². The number of nitrogen functional groups attached to an aromatic ring is 1. The first-order chi connectivity index (χ1) is 13.2. The minimum atomic E-state index is -0.0589. The molecule has 9 nitrogen and oxygen atoms in total. The van der Waals surface area contributed by atoms with Crippen molar-refractivity contribution in [2.75, 3.05) is 49.9 Å². The van der Waals surface area contributed by atoms with Gasteiger partial charge >= 0.3 is 0 Å². The minimum Gasteiger partial charge on any atom is -0.459 e. The summed E-state index contributed by atoms with van der Waals surface area (Å²) in [5, 5.41) is 0. The van der Waals surface area contributed by atoms with E-state index in [1.165, 1.54) is 12.7 Å². The molecule has 0 aromatic carbocycles. The molecule has 2 fully saturated rings. The Bertz CT molecular complexity index is 766. The second kappa shape index (κ2) is 7.91. The Morgan fingerprint density at radius 2 is 1.81 bits per heavy atom. The van der Waals surface area contributed by atoms with E-state index in [4.69, 9.17) is 10.2 Å². The molecular weight excluding hydrogens is 346 g/mol. The molecule has 9 heteroatoms. The van der Waals surface area contributed by atoms with Crippen LogP contribution >= 0.6 is 0 Å². The van der Waals surface area contributed by atoms with Crippen molar-refractivity contribution in [3.63, 3.8) is 0 Å². The number of anilines is 2. The maximum atomic E-state index is 12.3. The molecule has 27 heavy (non-hydrogen) atoms. The predicted molar refractivity (Wildman–Crippen MR) is 100 cm³/mol. The largest absolute Gasteiger partial charge is 0.459 e. The summed E-state index contributed by atoms with van der Waals surface area (Å²) < 4.78 is 5.20. The van der Waals surface area contributed by atoms with Crippen molar-refractivity contribution in [3.8, 4) is 0 Å². The van der Waals surface area contributed by atoms with E-state index in [1.807, 2.05) is 4.90 Å². The highest BCUT2D eigenvalue weighted by molar-refractivity contribution is 5.91. The molecule has 0 spiro atoms. The van der Waals surface area contributed by atoms with Gasteiger partial charge in [-0.25, -0.2) is 0 Å². The van der Waals surface area contributed by atoms with Gasteiger partial charge in [-0.2, -0.15) is 15.0 Å². The molecule has 1 amide bonds. The van der Waals surface area contributed by atoms with E-state index in [0.717, 1.165) is 39.0 Å². The minimum absolute atomic E-state index is 0.0589. The molecule has 0 aliphatic carbocycles. The lowest BCUT2D eigenvalue weighted by Crippen LogP contribution is -2.48. The number of hydrogen-bond donors (Lipinski definition) is 1. The molecule has 0 bridgehead atoms. The summed E-state index contributed by atoms with van der Waals surface area (Å²) in [5.41, 5.74) is 5.92. The number of hydrogen-bond acceptors (Lipinski definition) is 8. The van der Waals surface area contributed by atoms with Crippen molar-refractivity contribution in [3.05, 3.63) is 30.0 Å². The van der Waals surface area contributed by atoms with E-state index < -0.39 is 0 Å². The number of carbonyl (C=O) groups excluding carboxylic acids is 1. The third kappa shape index (κ3) is 4.19. The molecular formula is C18H25N7O2. The second-order valence-electron chi connectivity index (χ2n) is 7.00. The summed E-state index contributed by atoms with van der Waals surface area (Å²) in [5.74, 6) is 1.97. The van der Waals surface area contributed by atoms with E-state index >= 15 is 0 Å². The van der Waals surface area contributed by atoms with Gasteiger partial charge in [-0.1, -0.05) is 0 Å². The maximum Gasteiger partial charge on any atom is 0.289 e. The van der Waals surface area contributed by atoms with E-state index in [-0.39, 0.29) is 11.9 Å². The summed E-state index contributed by atoms with van der Waals surface area (Å²) in [6, 6.07) is 3.43. The quantitative estimate of drug-likeness (QED) is 0.849. The fourth-order valence-corrected chi connectivity index (χ4v) is 3.60. The number of carbonyl (C=O) groups is 1. The fraction of sp³-hybridized carbons (Fsp3) is 0.556. The molecule has 2 aromatic heterocycles. The van der Waals surface area contributed by atoms with Crippen molar-refractivity contribution >= 4 is 17.8 Å². The first kappa shape index (κ1) is 17.7. The van der Waals surface area contributed by atoms with Crippen LogP contribution in [0.1, 0.15) is 35.6 Å². The third-order valence-corrected chi connectivity index (χ3v) is 5.08. The molecule has 0 radical (unpaired) electrons. The van der Waals surface area contributed by atoms with Crippen LogP contribution in [0.5, 0.6) is 0 Å². The smallest absolute Gasteiger partial charge is 0.289 e. The number of aromatic nitrogens is 3. The van der Waals surface area contributed by atoms with Crippen LogP contribution in [0.3, 0.4) is 0 Å². The zero-order chi connectivity index (χ0) is 18.6. The SMILES string of the molecule is Nc1nc(CN2CCN(C(=O)c3ccco3)CC2)nc(N2CCCCC2)n1. The molecule has 2 aliphatic rings. The van der Waals surface area contributed by atoms with Crippen LogP contribution in [0.2, 0.25) is 0 Å². The Morgan fingerprint density at radius 3 is 2.52 bits per heavy atom. The Balaban J connectivity index is 1.36. The van der Waals surface area contributed by atoms with Crippen LogP contribution in [0.25, 0.3) is 0 Å². The summed E-state index contributed by atoms with van der Waals surface area (Å²) in [7, 11) is 0. The van der Waals surface area contributed by atoms with E-state index in [1.54, 1.807) is 12.1 Å². The van der Waals surface area contributed by atoms with Crippen molar-refractivity contribution < 1.29 is 9.21 Å². The van der Waals surface area contributed by atoms with Gasteiger partial charge in [-0.05, 0) is 31.4 Å². The molecule has 2 N–H and O–H groups in total. The lowest BCUT2D eigenvalue weighted by atomic mass is 10.1. The monoisotopic (exact) mass is 371 g/mol.